The molecule has 10 nitrogen and oxygen atoms in total. The zero-order valence-corrected chi connectivity index (χ0v) is 14.1. The van der Waals surface area contributed by atoms with E-state index in [4.69, 9.17) is 17.2 Å². The predicted molar refractivity (Wildman–Crippen MR) is 89.0 cm³/mol. The van der Waals surface area contributed by atoms with Gasteiger partial charge in [0.15, 0.2) is 0 Å². The van der Waals surface area contributed by atoms with E-state index in [9.17, 15) is 24.3 Å². The molecule has 1 fully saturated rings. The zero-order chi connectivity index (χ0) is 19.0. The van der Waals surface area contributed by atoms with Gasteiger partial charge in [0.2, 0.25) is 17.7 Å². The van der Waals surface area contributed by atoms with Gasteiger partial charge in [-0.2, -0.15) is 0 Å². The molecule has 0 aliphatic carbocycles. The molecule has 3 amide bonds. The summed E-state index contributed by atoms with van der Waals surface area (Å²) in [6, 6.07) is -3.02. The van der Waals surface area contributed by atoms with E-state index in [0.29, 0.717) is 32.2 Å². The molecule has 0 radical (unpaired) electrons. The molecule has 0 spiro atoms. The van der Waals surface area contributed by atoms with E-state index >= 15 is 0 Å². The summed E-state index contributed by atoms with van der Waals surface area (Å²) >= 11 is 0. The van der Waals surface area contributed by atoms with Crippen molar-refractivity contribution in [2.75, 3.05) is 13.1 Å². The van der Waals surface area contributed by atoms with Crippen LogP contribution in [0.4, 0.5) is 0 Å². The van der Waals surface area contributed by atoms with Crippen molar-refractivity contribution in [1.82, 2.24) is 10.2 Å². The highest BCUT2D eigenvalue weighted by Gasteiger charge is 2.38. The Kier molecular flexibility index (Phi) is 8.29. The Hall–Kier alpha value is -2.20. The standard InChI is InChI=1S/C15H27N5O5/c16-6-2-1-4-9(17)13(22)19-10(8-12(18)21)14(23)20-7-3-5-11(20)15(24)25/h9-11H,1-8,16-17H2,(H2,18,21)(H,19,22)(H,24,25). The minimum absolute atomic E-state index is 0.253. The van der Waals surface area contributed by atoms with Gasteiger partial charge in [-0.3, -0.25) is 14.4 Å². The van der Waals surface area contributed by atoms with Crippen LogP contribution < -0.4 is 22.5 Å². The van der Waals surface area contributed by atoms with E-state index in [1.807, 2.05) is 0 Å². The van der Waals surface area contributed by atoms with E-state index in [1.165, 1.54) is 0 Å². The van der Waals surface area contributed by atoms with Gasteiger partial charge in [-0.1, -0.05) is 6.42 Å². The summed E-state index contributed by atoms with van der Waals surface area (Å²) in [6.07, 6.45) is 2.23. The number of carbonyl (C=O) groups excluding carboxylic acids is 3. The molecule has 0 aromatic carbocycles. The highest BCUT2D eigenvalue weighted by Crippen LogP contribution is 2.19. The largest absolute Gasteiger partial charge is 0.480 e. The molecule has 1 heterocycles. The average molecular weight is 357 g/mol. The number of nitrogens with one attached hydrogen (secondary N) is 1. The molecular formula is C15H27N5O5. The van der Waals surface area contributed by atoms with Gasteiger partial charge in [-0.15, -0.1) is 0 Å². The number of carbonyl (C=O) groups is 4. The Morgan fingerprint density at radius 3 is 2.48 bits per heavy atom. The van der Waals surface area contributed by atoms with Gasteiger partial charge in [0.25, 0.3) is 0 Å². The maximum atomic E-state index is 12.6. The number of likely N-dealkylation sites (tertiary alicyclic amines) is 1. The smallest absolute Gasteiger partial charge is 0.326 e. The van der Waals surface area contributed by atoms with Crippen LogP contribution in [0.5, 0.6) is 0 Å². The van der Waals surface area contributed by atoms with Crippen molar-refractivity contribution >= 4 is 23.7 Å². The van der Waals surface area contributed by atoms with Gasteiger partial charge in [-0.05, 0) is 32.2 Å². The average Bonchev–Trinajstić information content (AvgIpc) is 3.02. The van der Waals surface area contributed by atoms with Gasteiger partial charge in [0.05, 0.1) is 12.5 Å². The van der Waals surface area contributed by atoms with Crippen molar-refractivity contribution < 1.29 is 24.3 Å². The fraction of sp³-hybridized carbons (Fsp3) is 0.733. The van der Waals surface area contributed by atoms with Crippen LogP contribution in [-0.2, 0) is 19.2 Å². The molecule has 0 aromatic rings. The van der Waals surface area contributed by atoms with Crippen LogP contribution in [0.3, 0.4) is 0 Å². The van der Waals surface area contributed by atoms with Crippen LogP contribution in [0.25, 0.3) is 0 Å². The molecule has 1 aliphatic heterocycles. The van der Waals surface area contributed by atoms with Gasteiger partial charge in [0.1, 0.15) is 12.1 Å². The number of hydrogen-bond donors (Lipinski definition) is 5. The van der Waals surface area contributed by atoms with Gasteiger partial charge in [0, 0.05) is 6.54 Å². The number of hydrogen-bond acceptors (Lipinski definition) is 6. The van der Waals surface area contributed by atoms with E-state index in [-0.39, 0.29) is 6.54 Å². The van der Waals surface area contributed by atoms with Crippen LogP contribution in [-0.4, -0.2) is 64.9 Å². The molecule has 0 bridgehead atoms. The van der Waals surface area contributed by atoms with Crippen LogP contribution in [0, 0.1) is 0 Å². The van der Waals surface area contributed by atoms with E-state index in [1.54, 1.807) is 0 Å². The normalized spacial score (nSPS) is 19.3. The summed E-state index contributed by atoms with van der Waals surface area (Å²) in [5.41, 5.74) is 16.3. The summed E-state index contributed by atoms with van der Waals surface area (Å²) in [5, 5.41) is 11.6. The fourth-order valence-corrected chi connectivity index (χ4v) is 2.81. The molecule has 25 heavy (non-hydrogen) atoms. The number of carboxylic acids is 1. The zero-order valence-electron chi connectivity index (χ0n) is 14.1. The SMILES string of the molecule is NCCCCC(N)C(=O)NC(CC(N)=O)C(=O)N1CCCC1C(=O)O. The minimum atomic E-state index is -1.22. The quantitative estimate of drug-likeness (QED) is 0.277. The Bertz CT molecular complexity index is 513. The van der Waals surface area contributed by atoms with Crippen LogP contribution in [0.2, 0.25) is 0 Å². The molecule has 142 valence electrons. The predicted octanol–water partition coefficient (Wildman–Crippen LogP) is -2.12. The van der Waals surface area contributed by atoms with Crippen molar-refractivity contribution in [2.45, 2.75) is 56.7 Å². The second-order valence-electron chi connectivity index (χ2n) is 6.15. The lowest BCUT2D eigenvalue weighted by Gasteiger charge is -2.27. The lowest BCUT2D eigenvalue weighted by molar-refractivity contribution is -0.149. The number of rotatable bonds is 10. The van der Waals surface area contributed by atoms with Crippen molar-refractivity contribution in [3.8, 4) is 0 Å². The maximum Gasteiger partial charge on any atom is 0.326 e. The third kappa shape index (κ3) is 6.31. The molecule has 1 rings (SSSR count). The van der Waals surface area contributed by atoms with Crippen LogP contribution >= 0.6 is 0 Å². The number of carboxylic acid groups (broad SMARTS) is 1. The van der Waals surface area contributed by atoms with E-state index < -0.39 is 48.2 Å². The third-order valence-corrected chi connectivity index (χ3v) is 4.15. The summed E-state index contributed by atoms with van der Waals surface area (Å²) < 4.78 is 0. The lowest BCUT2D eigenvalue weighted by Crippen LogP contribution is -2.55. The van der Waals surface area contributed by atoms with Gasteiger partial charge < -0.3 is 32.5 Å². The first-order chi connectivity index (χ1) is 11.8. The molecule has 0 aromatic heterocycles. The highest BCUT2D eigenvalue weighted by molar-refractivity contribution is 5.94. The van der Waals surface area contributed by atoms with Crippen LogP contribution in [0.1, 0.15) is 38.5 Å². The highest BCUT2D eigenvalue weighted by atomic mass is 16.4. The number of nitrogens with zero attached hydrogens (tertiary/aromatic N) is 1. The molecule has 3 unspecified atom stereocenters. The maximum absolute atomic E-state index is 12.6. The topological polar surface area (TPSA) is 182 Å². The molecule has 1 saturated heterocycles. The Balaban J connectivity index is 2.76. The second-order valence-corrected chi connectivity index (χ2v) is 6.15. The molecule has 8 N–H and O–H groups in total. The van der Waals surface area contributed by atoms with Crippen molar-refractivity contribution in [1.29, 1.82) is 0 Å². The molecule has 10 heteroatoms. The second kappa shape index (κ2) is 9.94. The number of nitrogens with two attached hydrogens (primary N) is 3. The molecule has 0 saturated carbocycles. The van der Waals surface area contributed by atoms with E-state index in [2.05, 4.69) is 5.32 Å². The lowest BCUT2D eigenvalue weighted by atomic mass is 10.1. The number of primary amides is 1. The first-order valence-electron chi connectivity index (χ1n) is 8.35. The van der Waals surface area contributed by atoms with Gasteiger partial charge >= 0.3 is 5.97 Å². The Morgan fingerprint density at radius 2 is 1.92 bits per heavy atom. The molecular weight excluding hydrogens is 330 g/mol. The summed E-state index contributed by atoms with van der Waals surface area (Å²) in [7, 11) is 0. The number of aliphatic carboxylic acids is 1. The minimum Gasteiger partial charge on any atom is -0.480 e. The summed E-state index contributed by atoms with van der Waals surface area (Å²) in [4.78, 5) is 48.4. The van der Waals surface area contributed by atoms with E-state index in [0.717, 1.165) is 11.3 Å². The monoisotopic (exact) mass is 357 g/mol. The Morgan fingerprint density at radius 1 is 1.24 bits per heavy atom. The first kappa shape index (κ1) is 20.8. The summed E-state index contributed by atoms with van der Waals surface area (Å²) in [5.74, 6) is -3.11. The Labute approximate surface area is 146 Å². The molecule has 3 atom stereocenters. The third-order valence-electron chi connectivity index (χ3n) is 4.15. The number of amides is 3. The fourth-order valence-electron chi connectivity index (χ4n) is 2.81. The van der Waals surface area contributed by atoms with Crippen molar-refractivity contribution in [2.24, 2.45) is 17.2 Å². The van der Waals surface area contributed by atoms with Crippen molar-refractivity contribution in [3.05, 3.63) is 0 Å². The molecule has 1 aliphatic rings. The summed E-state index contributed by atoms with van der Waals surface area (Å²) in [6.45, 7) is 0.742. The van der Waals surface area contributed by atoms with Crippen molar-refractivity contribution in [3.63, 3.8) is 0 Å². The van der Waals surface area contributed by atoms with Crippen LogP contribution in [0.15, 0.2) is 0 Å². The number of unbranched alkanes of at least 4 members (excludes halogenated alkanes) is 1. The first-order valence-corrected chi connectivity index (χ1v) is 8.35. The van der Waals surface area contributed by atoms with Gasteiger partial charge in [-0.25, -0.2) is 4.79 Å².